The Balaban J connectivity index is 2.16. The minimum atomic E-state index is 0.00202. The number of aliphatic imine (C=N–C) groups is 1. The Morgan fingerprint density at radius 3 is 2.59 bits per heavy atom. The molecular weight excluding hydrogens is 368 g/mol. The summed E-state index contributed by atoms with van der Waals surface area (Å²) < 4.78 is 13.3. The molecule has 0 spiro atoms. The number of aryl methyl sites for hydroxylation is 1. The van der Waals surface area contributed by atoms with E-state index in [4.69, 9.17) is 9.47 Å². The van der Waals surface area contributed by atoms with E-state index in [-0.39, 0.29) is 6.04 Å². The number of guanidine groups is 1. The normalized spacial score (nSPS) is 12.4. The van der Waals surface area contributed by atoms with Crippen LogP contribution in [0.3, 0.4) is 0 Å². The lowest BCUT2D eigenvalue weighted by molar-refractivity contribution is 0.287. The van der Waals surface area contributed by atoms with Gasteiger partial charge in [-0.25, -0.2) is 4.99 Å². The maximum absolute atomic E-state index is 5.74. The van der Waals surface area contributed by atoms with Gasteiger partial charge in [-0.15, -0.1) is 16.8 Å². The van der Waals surface area contributed by atoms with Crippen LogP contribution in [0.1, 0.15) is 44.0 Å². The Hall–Kier alpha value is -3.03. The molecule has 1 unspecified atom stereocenters. The van der Waals surface area contributed by atoms with Crippen LogP contribution in [0.2, 0.25) is 0 Å². The van der Waals surface area contributed by atoms with Gasteiger partial charge in [0.05, 0.1) is 19.3 Å². The Bertz CT molecular complexity index is 831. The van der Waals surface area contributed by atoms with Crippen molar-refractivity contribution in [3.63, 3.8) is 0 Å². The number of nitrogens with zero attached hydrogens (tertiary/aromatic N) is 4. The van der Waals surface area contributed by atoms with Crippen molar-refractivity contribution >= 4 is 5.96 Å². The van der Waals surface area contributed by atoms with Crippen molar-refractivity contribution in [1.82, 2.24) is 25.4 Å². The van der Waals surface area contributed by atoms with E-state index >= 15 is 0 Å². The van der Waals surface area contributed by atoms with E-state index in [0.29, 0.717) is 32.3 Å². The second-order valence-electron chi connectivity index (χ2n) is 6.50. The maximum Gasteiger partial charge on any atom is 0.192 e. The highest BCUT2D eigenvalue weighted by Gasteiger charge is 2.13. The van der Waals surface area contributed by atoms with Gasteiger partial charge in [-0.1, -0.05) is 12.1 Å². The fraction of sp³-hybridized carbons (Fsp3) is 0.476. The van der Waals surface area contributed by atoms with Gasteiger partial charge in [0.2, 0.25) is 0 Å². The zero-order valence-corrected chi connectivity index (χ0v) is 18.0. The molecule has 2 rings (SSSR count). The molecule has 29 heavy (non-hydrogen) atoms. The number of hydrogen-bond donors (Lipinski definition) is 2. The molecular formula is C21H32N6O2. The van der Waals surface area contributed by atoms with Gasteiger partial charge in [-0.2, -0.15) is 0 Å². The van der Waals surface area contributed by atoms with Gasteiger partial charge in [0.25, 0.3) is 0 Å². The average Bonchev–Trinajstić information content (AvgIpc) is 3.03. The van der Waals surface area contributed by atoms with Gasteiger partial charge in [0.1, 0.15) is 12.4 Å². The van der Waals surface area contributed by atoms with Crippen LogP contribution in [-0.4, -0.2) is 40.5 Å². The molecule has 0 fully saturated rings. The second-order valence-corrected chi connectivity index (χ2v) is 6.50. The molecule has 1 aromatic carbocycles. The third kappa shape index (κ3) is 6.23. The molecule has 0 aliphatic heterocycles. The van der Waals surface area contributed by atoms with E-state index in [0.717, 1.165) is 28.7 Å². The lowest BCUT2D eigenvalue weighted by Crippen LogP contribution is -2.39. The average molecular weight is 401 g/mol. The van der Waals surface area contributed by atoms with Gasteiger partial charge < -0.3 is 24.7 Å². The van der Waals surface area contributed by atoms with Crippen molar-refractivity contribution in [2.24, 2.45) is 12.0 Å². The Morgan fingerprint density at radius 2 is 1.97 bits per heavy atom. The molecule has 0 saturated heterocycles. The van der Waals surface area contributed by atoms with Crippen LogP contribution in [0.5, 0.6) is 11.5 Å². The van der Waals surface area contributed by atoms with E-state index in [2.05, 4.69) is 39.3 Å². The molecule has 0 amide bonds. The molecule has 2 N–H and O–H groups in total. The highest BCUT2D eigenvalue weighted by Crippen LogP contribution is 2.30. The predicted octanol–water partition coefficient (Wildman–Crippen LogP) is 2.90. The second kappa shape index (κ2) is 11.1. The van der Waals surface area contributed by atoms with E-state index in [1.54, 1.807) is 6.08 Å². The monoisotopic (exact) mass is 400 g/mol. The first-order valence-corrected chi connectivity index (χ1v) is 9.90. The molecule has 2 aromatic rings. The Kier molecular flexibility index (Phi) is 8.51. The van der Waals surface area contributed by atoms with Crippen molar-refractivity contribution in [3.05, 3.63) is 48.1 Å². The zero-order valence-electron chi connectivity index (χ0n) is 18.0. The fourth-order valence-electron chi connectivity index (χ4n) is 2.69. The molecule has 8 heteroatoms. The van der Waals surface area contributed by atoms with Crippen LogP contribution in [0, 0.1) is 6.92 Å². The fourth-order valence-corrected chi connectivity index (χ4v) is 2.69. The third-order valence-electron chi connectivity index (χ3n) is 4.40. The molecule has 0 aliphatic rings. The summed E-state index contributed by atoms with van der Waals surface area (Å²) >= 11 is 0. The molecule has 0 radical (unpaired) electrons. The minimum absolute atomic E-state index is 0.00202. The van der Waals surface area contributed by atoms with Crippen LogP contribution in [0.25, 0.3) is 0 Å². The minimum Gasteiger partial charge on any atom is -0.490 e. The highest BCUT2D eigenvalue weighted by atomic mass is 16.5. The van der Waals surface area contributed by atoms with Crippen molar-refractivity contribution in [3.8, 4) is 11.5 Å². The van der Waals surface area contributed by atoms with Crippen LogP contribution in [0.4, 0.5) is 0 Å². The molecule has 0 bridgehead atoms. The van der Waals surface area contributed by atoms with E-state index in [1.165, 1.54) is 0 Å². The summed E-state index contributed by atoms with van der Waals surface area (Å²) in [5.41, 5.74) is 1.07. The number of nitrogens with one attached hydrogen (secondary N) is 2. The quantitative estimate of drug-likeness (QED) is 0.362. The number of ether oxygens (including phenoxy) is 2. The van der Waals surface area contributed by atoms with Gasteiger partial charge in [0, 0.05) is 13.6 Å². The summed E-state index contributed by atoms with van der Waals surface area (Å²) in [4.78, 5) is 4.64. The van der Waals surface area contributed by atoms with Crippen molar-refractivity contribution < 1.29 is 9.47 Å². The van der Waals surface area contributed by atoms with Crippen LogP contribution < -0.4 is 20.1 Å². The zero-order chi connectivity index (χ0) is 21.2. The van der Waals surface area contributed by atoms with Gasteiger partial charge >= 0.3 is 0 Å². The van der Waals surface area contributed by atoms with E-state index in [9.17, 15) is 0 Å². The highest BCUT2D eigenvalue weighted by molar-refractivity contribution is 5.80. The Labute approximate surface area is 173 Å². The molecule has 0 aliphatic carbocycles. The first-order chi connectivity index (χ1) is 14.0. The van der Waals surface area contributed by atoms with Crippen LogP contribution in [0.15, 0.2) is 35.8 Å². The summed E-state index contributed by atoms with van der Waals surface area (Å²) in [6.07, 6.45) is 1.79. The van der Waals surface area contributed by atoms with Crippen molar-refractivity contribution in [1.29, 1.82) is 0 Å². The first kappa shape index (κ1) is 22.3. The summed E-state index contributed by atoms with van der Waals surface area (Å²) in [6, 6.07) is 5.98. The Morgan fingerprint density at radius 1 is 1.24 bits per heavy atom. The standard InChI is InChI=1S/C21H32N6O2/c1-7-12-22-21(23-14-20-26-25-16(5)27(20)6)24-15(4)17-10-11-18(28-8-2)19(13-17)29-9-3/h7,10-11,13,15H,1,8-9,12,14H2,2-6H3,(H2,22,23,24). The molecule has 8 nitrogen and oxygen atoms in total. The maximum atomic E-state index is 5.74. The third-order valence-corrected chi connectivity index (χ3v) is 4.40. The largest absolute Gasteiger partial charge is 0.490 e. The molecule has 1 heterocycles. The summed E-state index contributed by atoms with van der Waals surface area (Å²) in [6.45, 7) is 13.9. The van der Waals surface area contributed by atoms with Gasteiger partial charge in [0.15, 0.2) is 23.3 Å². The molecule has 0 saturated carbocycles. The van der Waals surface area contributed by atoms with E-state index < -0.39 is 0 Å². The number of aromatic nitrogens is 3. The van der Waals surface area contributed by atoms with Crippen LogP contribution in [-0.2, 0) is 13.6 Å². The van der Waals surface area contributed by atoms with Crippen LogP contribution >= 0.6 is 0 Å². The molecule has 1 atom stereocenters. The first-order valence-electron chi connectivity index (χ1n) is 9.90. The van der Waals surface area contributed by atoms with Gasteiger partial charge in [-0.05, 0) is 45.4 Å². The lowest BCUT2D eigenvalue weighted by Gasteiger charge is -2.20. The number of benzene rings is 1. The van der Waals surface area contributed by atoms with Crippen molar-refractivity contribution in [2.45, 2.75) is 40.3 Å². The smallest absolute Gasteiger partial charge is 0.192 e. The summed E-state index contributed by atoms with van der Waals surface area (Å²) in [7, 11) is 1.93. The van der Waals surface area contributed by atoms with Gasteiger partial charge in [-0.3, -0.25) is 0 Å². The SMILES string of the molecule is C=CCNC(=NCc1nnc(C)n1C)NC(C)c1ccc(OCC)c(OCC)c1. The topological polar surface area (TPSA) is 85.6 Å². The van der Waals surface area contributed by atoms with Crippen molar-refractivity contribution in [2.75, 3.05) is 19.8 Å². The lowest BCUT2D eigenvalue weighted by atomic mass is 10.1. The number of rotatable bonds is 10. The molecule has 1 aromatic heterocycles. The summed E-state index contributed by atoms with van der Waals surface area (Å²) in [5, 5.41) is 14.9. The summed E-state index contributed by atoms with van der Waals surface area (Å²) in [5.74, 6) is 3.82. The molecule has 158 valence electrons. The predicted molar refractivity (Wildman–Crippen MR) is 115 cm³/mol. The number of hydrogen-bond acceptors (Lipinski definition) is 5. The van der Waals surface area contributed by atoms with E-state index in [1.807, 2.05) is 50.6 Å².